The molecule has 0 N–H and O–H groups in total. The number of nitrogens with zero attached hydrogens (tertiary/aromatic N) is 2. The standard InChI is InChI=1S/C17H23ClN2O3/c1-2-23-16-11-13(18)3-4-15(16)17(21)20-6-5-14(12-20)19-7-9-22-10-8-19/h3-4,11,14H,2,5-10,12H2,1H3/t14-/m0/s1. The molecule has 5 nitrogen and oxygen atoms in total. The van der Waals surface area contributed by atoms with Crippen LogP contribution in [0.2, 0.25) is 5.02 Å². The average Bonchev–Trinajstić information content (AvgIpc) is 3.06. The summed E-state index contributed by atoms with van der Waals surface area (Å²) in [6.45, 7) is 7.46. The molecule has 0 radical (unpaired) electrons. The minimum Gasteiger partial charge on any atom is -0.493 e. The molecule has 6 heteroatoms. The van der Waals surface area contributed by atoms with Crippen LogP contribution >= 0.6 is 11.6 Å². The molecule has 2 heterocycles. The molecule has 0 aromatic heterocycles. The quantitative estimate of drug-likeness (QED) is 0.844. The lowest BCUT2D eigenvalue weighted by Crippen LogP contribution is -2.45. The Morgan fingerprint density at radius 1 is 1.35 bits per heavy atom. The molecule has 0 bridgehead atoms. The van der Waals surface area contributed by atoms with Crippen LogP contribution in [0.15, 0.2) is 18.2 Å². The summed E-state index contributed by atoms with van der Waals surface area (Å²) in [6.07, 6.45) is 1.02. The number of hydrogen-bond acceptors (Lipinski definition) is 4. The Balaban J connectivity index is 1.69. The molecule has 0 spiro atoms. The van der Waals surface area contributed by atoms with Crippen LogP contribution in [0, 0.1) is 0 Å². The van der Waals surface area contributed by atoms with Gasteiger partial charge in [-0.25, -0.2) is 0 Å². The molecular weight excluding hydrogens is 316 g/mol. The van der Waals surface area contributed by atoms with Crippen LogP contribution in [0.3, 0.4) is 0 Å². The highest BCUT2D eigenvalue weighted by Gasteiger charge is 2.32. The van der Waals surface area contributed by atoms with Gasteiger partial charge in [-0.15, -0.1) is 0 Å². The fourth-order valence-corrected chi connectivity index (χ4v) is 3.45. The maximum Gasteiger partial charge on any atom is 0.257 e. The fourth-order valence-electron chi connectivity index (χ4n) is 3.29. The van der Waals surface area contributed by atoms with Crippen molar-refractivity contribution in [2.45, 2.75) is 19.4 Å². The van der Waals surface area contributed by atoms with E-state index in [0.29, 0.717) is 29.0 Å². The van der Waals surface area contributed by atoms with Crippen molar-refractivity contribution in [1.82, 2.24) is 9.80 Å². The molecule has 1 amide bonds. The van der Waals surface area contributed by atoms with Crippen LogP contribution in [-0.2, 0) is 4.74 Å². The number of hydrogen-bond donors (Lipinski definition) is 0. The molecule has 1 aromatic rings. The first-order valence-corrected chi connectivity index (χ1v) is 8.60. The van der Waals surface area contributed by atoms with E-state index in [9.17, 15) is 4.79 Å². The number of benzene rings is 1. The van der Waals surface area contributed by atoms with Crippen LogP contribution in [0.5, 0.6) is 5.75 Å². The normalized spacial score (nSPS) is 22.3. The second kappa shape index (κ2) is 7.51. The SMILES string of the molecule is CCOc1cc(Cl)ccc1C(=O)N1CC[C@H](N2CCOCC2)C1. The van der Waals surface area contributed by atoms with Crippen LogP contribution < -0.4 is 4.74 Å². The van der Waals surface area contributed by atoms with Crippen molar-refractivity contribution in [3.63, 3.8) is 0 Å². The van der Waals surface area contributed by atoms with Gasteiger partial charge in [-0.3, -0.25) is 9.69 Å². The van der Waals surface area contributed by atoms with E-state index >= 15 is 0 Å². The maximum absolute atomic E-state index is 12.8. The van der Waals surface area contributed by atoms with Crippen LogP contribution in [0.1, 0.15) is 23.7 Å². The lowest BCUT2D eigenvalue weighted by atomic mass is 10.1. The monoisotopic (exact) mass is 338 g/mol. The third kappa shape index (κ3) is 3.79. The van der Waals surface area contributed by atoms with E-state index in [1.165, 1.54) is 0 Å². The van der Waals surface area contributed by atoms with Crippen LogP contribution in [-0.4, -0.2) is 67.7 Å². The van der Waals surface area contributed by atoms with Gasteiger partial charge in [-0.2, -0.15) is 0 Å². The number of amides is 1. The largest absolute Gasteiger partial charge is 0.493 e. The molecule has 3 rings (SSSR count). The Hall–Kier alpha value is -1.30. The lowest BCUT2D eigenvalue weighted by molar-refractivity contribution is 0.0185. The third-order valence-electron chi connectivity index (χ3n) is 4.49. The highest BCUT2D eigenvalue weighted by atomic mass is 35.5. The summed E-state index contributed by atoms with van der Waals surface area (Å²) < 4.78 is 11.0. The zero-order chi connectivity index (χ0) is 16.2. The summed E-state index contributed by atoms with van der Waals surface area (Å²) in [5.74, 6) is 0.598. The second-order valence-corrected chi connectivity index (χ2v) is 6.35. The van der Waals surface area contributed by atoms with Gasteiger partial charge in [-0.1, -0.05) is 11.6 Å². The molecule has 2 fully saturated rings. The summed E-state index contributed by atoms with van der Waals surface area (Å²) in [7, 11) is 0. The van der Waals surface area contributed by atoms with Gasteiger partial charge < -0.3 is 14.4 Å². The zero-order valence-corrected chi connectivity index (χ0v) is 14.2. The van der Waals surface area contributed by atoms with Gasteiger partial charge in [0.1, 0.15) is 5.75 Å². The van der Waals surface area contributed by atoms with Gasteiger partial charge >= 0.3 is 0 Å². The van der Waals surface area contributed by atoms with E-state index in [4.69, 9.17) is 21.1 Å². The van der Waals surface area contributed by atoms with E-state index in [-0.39, 0.29) is 5.91 Å². The van der Waals surface area contributed by atoms with Crippen molar-refractivity contribution in [3.8, 4) is 5.75 Å². The van der Waals surface area contributed by atoms with E-state index in [2.05, 4.69) is 4.90 Å². The molecular formula is C17H23ClN2O3. The first kappa shape index (κ1) is 16.6. The number of morpholine rings is 1. The first-order valence-electron chi connectivity index (χ1n) is 8.22. The molecule has 1 aromatic carbocycles. The zero-order valence-electron chi connectivity index (χ0n) is 13.5. The molecule has 126 valence electrons. The van der Waals surface area contributed by atoms with Gasteiger partial charge in [0, 0.05) is 37.2 Å². The van der Waals surface area contributed by atoms with Crippen molar-refractivity contribution in [1.29, 1.82) is 0 Å². The molecule has 2 saturated heterocycles. The third-order valence-corrected chi connectivity index (χ3v) is 4.72. The second-order valence-electron chi connectivity index (χ2n) is 5.92. The Morgan fingerprint density at radius 2 is 2.13 bits per heavy atom. The van der Waals surface area contributed by atoms with Gasteiger partial charge in [0.15, 0.2) is 0 Å². The highest BCUT2D eigenvalue weighted by Crippen LogP contribution is 2.27. The van der Waals surface area contributed by atoms with E-state index < -0.39 is 0 Å². The van der Waals surface area contributed by atoms with Gasteiger partial charge in [0.05, 0.1) is 25.4 Å². The first-order chi connectivity index (χ1) is 11.2. The average molecular weight is 339 g/mol. The highest BCUT2D eigenvalue weighted by molar-refractivity contribution is 6.30. The minimum atomic E-state index is 0.0286. The molecule has 2 aliphatic rings. The Morgan fingerprint density at radius 3 is 2.87 bits per heavy atom. The predicted octanol–water partition coefficient (Wildman–Crippen LogP) is 2.29. The maximum atomic E-state index is 12.8. The topological polar surface area (TPSA) is 42.0 Å². The number of halogens is 1. The molecule has 0 unspecified atom stereocenters. The summed E-state index contributed by atoms with van der Waals surface area (Å²) in [5.41, 5.74) is 0.596. The summed E-state index contributed by atoms with van der Waals surface area (Å²) in [5, 5.41) is 0.581. The Kier molecular flexibility index (Phi) is 5.41. The molecule has 23 heavy (non-hydrogen) atoms. The Labute approximate surface area is 142 Å². The number of carbonyl (C=O) groups is 1. The van der Waals surface area contributed by atoms with Crippen molar-refractivity contribution < 1.29 is 14.3 Å². The van der Waals surface area contributed by atoms with Crippen molar-refractivity contribution in [3.05, 3.63) is 28.8 Å². The number of likely N-dealkylation sites (tertiary alicyclic amines) is 1. The van der Waals surface area contributed by atoms with Gasteiger partial charge in [0.2, 0.25) is 0 Å². The smallest absolute Gasteiger partial charge is 0.257 e. The Bertz CT molecular complexity index is 561. The lowest BCUT2D eigenvalue weighted by Gasteiger charge is -2.32. The summed E-state index contributed by atoms with van der Waals surface area (Å²) >= 11 is 6.02. The summed E-state index contributed by atoms with van der Waals surface area (Å²) in [4.78, 5) is 17.2. The minimum absolute atomic E-state index is 0.0286. The molecule has 0 aliphatic carbocycles. The van der Waals surface area contributed by atoms with Crippen molar-refractivity contribution in [2.75, 3.05) is 46.0 Å². The number of ether oxygens (including phenoxy) is 2. The van der Waals surface area contributed by atoms with E-state index in [1.807, 2.05) is 11.8 Å². The van der Waals surface area contributed by atoms with Gasteiger partial charge in [0.25, 0.3) is 5.91 Å². The van der Waals surface area contributed by atoms with E-state index in [0.717, 1.165) is 45.8 Å². The van der Waals surface area contributed by atoms with E-state index in [1.54, 1.807) is 18.2 Å². The number of carbonyl (C=O) groups excluding carboxylic acids is 1. The van der Waals surface area contributed by atoms with Crippen molar-refractivity contribution in [2.24, 2.45) is 0 Å². The predicted molar refractivity (Wildman–Crippen MR) is 89.3 cm³/mol. The molecule has 0 saturated carbocycles. The summed E-state index contributed by atoms with van der Waals surface area (Å²) in [6, 6.07) is 5.66. The molecule has 1 atom stereocenters. The van der Waals surface area contributed by atoms with Crippen molar-refractivity contribution >= 4 is 17.5 Å². The van der Waals surface area contributed by atoms with Crippen LogP contribution in [0.25, 0.3) is 0 Å². The van der Waals surface area contributed by atoms with Gasteiger partial charge in [-0.05, 0) is 31.5 Å². The van der Waals surface area contributed by atoms with Crippen LogP contribution in [0.4, 0.5) is 0 Å². The molecule has 2 aliphatic heterocycles. The number of rotatable bonds is 4. The fraction of sp³-hybridized carbons (Fsp3) is 0.588.